The first-order valence-electron chi connectivity index (χ1n) is 12.4. The van der Waals surface area contributed by atoms with E-state index in [1.165, 1.54) is 11.1 Å². The Morgan fingerprint density at radius 3 is 1.88 bits per heavy atom. The molecule has 0 spiro atoms. The molecule has 2 amide bonds. The highest BCUT2D eigenvalue weighted by Gasteiger charge is 2.16. The van der Waals surface area contributed by atoms with Crippen molar-refractivity contribution in [1.29, 1.82) is 0 Å². The Kier molecular flexibility index (Phi) is 10.4. The third-order valence-corrected chi connectivity index (χ3v) is 6.08. The first-order chi connectivity index (χ1) is 16.7. The highest BCUT2D eigenvalue weighted by Crippen LogP contribution is 2.27. The molecule has 178 valence electrons. The van der Waals surface area contributed by atoms with E-state index in [-0.39, 0.29) is 17.7 Å². The SMILES string of the molecule is CCCN(CCC(=O)NCCC(c1ccccc1)c1ccccc1)C(=O)CCc1ccccc1. The fraction of sp³-hybridized carbons (Fsp3) is 0.333. The lowest BCUT2D eigenvalue weighted by Gasteiger charge is -2.22. The van der Waals surface area contributed by atoms with Crippen LogP contribution >= 0.6 is 0 Å². The van der Waals surface area contributed by atoms with Gasteiger partial charge < -0.3 is 10.2 Å². The van der Waals surface area contributed by atoms with Crippen molar-refractivity contribution in [3.63, 3.8) is 0 Å². The molecule has 0 bridgehead atoms. The molecule has 0 aliphatic carbocycles. The topological polar surface area (TPSA) is 49.4 Å². The zero-order chi connectivity index (χ0) is 24.0. The van der Waals surface area contributed by atoms with Gasteiger partial charge in [0.05, 0.1) is 0 Å². The Morgan fingerprint density at radius 2 is 1.32 bits per heavy atom. The van der Waals surface area contributed by atoms with Gasteiger partial charge in [-0.25, -0.2) is 0 Å². The first kappa shape index (κ1) is 25.2. The molecule has 34 heavy (non-hydrogen) atoms. The number of nitrogens with one attached hydrogen (secondary N) is 1. The van der Waals surface area contributed by atoms with Gasteiger partial charge in [-0.15, -0.1) is 0 Å². The van der Waals surface area contributed by atoms with Crippen LogP contribution < -0.4 is 5.32 Å². The molecule has 3 rings (SSSR count). The van der Waals surface area contributed by atoms with E-state index in [1.54, 1.807) is 0 Å². The third-order valence-electron chi connectivity index (χ3n) is 6.08. The van der Waals surface area contributed by atoms with E-state index in [0.717, 1.165) is 24.8 Å². The number of hydrogen-bond donors (Lipinski definition) is 1. The Hall–Kier alpha value is -3.40. The van der Waals surface area contributed by atoms with E-state index < -0.39 is 0 Å². The quantitative estimate of drug-likeness (QED) is 0.365. The van der Waals surface area contributed by atoms with E-state index in [1.807, 2.05) is 47.4 Å². The molecule has 4 nitrogen and oxygen atoms in total. The Bertz CT molecular complexity index is 951. The van der Waals surface area contributed by atoms with Crippen LogP contribution in [0.25, 0.3) is 0 Å². The van der Waals surface area contributed by atoms with E-state index in [2.05, 4.69) is 60.8 Å². The zero-order valence-electron chi connectivity index (χ0n) is 20.2. The van der Waals surface area contributed by atoms with Gasteiger partial charge in [-0.2, -0.15) is 0 Å². The van der Waals surface area contributed by atoms with E-state index in [0.29, 0.717) is 32.5 Å². The molecule has 4 heteroatoms. The smallest absolute Gasteiger partial charge is 0.222 e. The standard InChI is InChI=1S/C30H36N2O2/c1-2-23-32(30(34)19-18-25-12-6-3-7-13-25)24-21-29(33)31-22-20-28(26-14-8-4-9-15-26)27-16-10-5-11-17-27/h3-17,28H,2,18-24H2,1H3,(H,31,33). The molecule has 3 aromatic rings. The minimum atomic E-state index is -0.00293. The molecular weight excluding hydrogens is 420 g/mol. The van der Waals surface area contributed by atoms with Gasteiger partial charge in [0.15, 0.2) is 0 Å². The number of nitrogens with zero attached hydrogens (tertiary/aromatic N) is 1. The van der Waals surface area contributed by atoms with Gasteiger partial charge in [-0.05, 0) is 36.0 Å². The summed E-state index contributed by atoms with van der Waals surface area (Å²) in [5.41, 5.74) is 3.67. The molecule has 0 unspecified atom stereocenters. The Balaban J connectivity index is 1.47. The molecule has 0 aliphatic heterocycles. The molecule has 3 aromatic carbocycles. The van der Waals surface area contributed by atoms with Gasteiger partial charge in [-0.3, -0.25) is 9.59 Å². The maximum Gasteiger partial charge on any atom is 0.222 e. The van der Waals surface area contributed by atoms with Crippen molar-refractivity contribution in [2.75, 3.05) is 19.6 Å². The number of carbonyl (C=O) groups excluding carboxylic acids is 2. The zero-order valence-corrected chi connectivity index (χ0v) is 20.2. The largest absolute Gasteiger partial charge is 0.356 e. The van der Waals surface area contributed by atoms with Crippen molar-refractivity contribution in [2.45, 2.75) is 44.9 Å². The average Bonchev–Trinajstić information content (AvgIpc) is 2.89. The number of carbonyl (C=O) groups is 2. The van der Waals surface area contributed by atoms with Crippen molar-refractivity contribution in [1.82, 2.24) is 10.2 Å². The van der Waals surface area contributed by atoms with Crippen LogP contribution in [-0.2, 0) is 16.0 Å². The second kappa shape index (κ2) is 14.0. The lowest BCUT2D eigenvalue weighted by molar-refractivity contribution is -0.132. The van der Waals surface area contributed by atoms with Gasteiger partial charge in [0.25, 0.3) is 0 Å². The van der Waals surface area contributed by atoms with Crippen LogP contribution in [0.4, 0.5) is 0 Å². The number of hydrogen-bond acceptors (Lipinski definition) is 2. The molecule has 0 saturated carbocycles. The Labute approximate surface area is 204 Å². The lowest BCUT2D eigenvalue weighted by Crippen LogP contribution is -2.36. The van der Waals surface area contributed by atoms with Crippen LogP contribution in [-0.4, -0.2) is 36.3 Å². The second-order valence-corrected chi connectivity index (χ2v) is 8.63. The van der Waals surface area contributed by atoms with E-state index in [9.17, 15) is 9.59 Å². The number of amides is 2. The number of benzene rings is 3. The maximum atomic E-state index is 12.7. The molecule has 0 aromatic heterocycles. The molecular formula is C30H36N2O2. The summed E-state index contributed by atoms with van der Waals surface area (Å²) < 4.78 is 0. The minimum Gasteiger partial charge on any atom is -0.356 e. The van der Waals surface area contributed by atoms with Crippen molar-refractivity contribution in [3.8, 4) is 0 Å². The normalized spacial score (nSPS) is 10.8. The predicted molar refractivity (Wildman–Crippen MR) is 139 cm³/mol. The highest BCUT2D eigenvalue weighted by molar-refractivity contribution is 5.79. The summed E-state index contributed by atoms with van der Waals surface area (Å²) in [6.45, 7) is 3.81. The van der Waals surface area contributed by atoms with E-state index in [4.69, 9.17) is 0 Å². The fourth-order valence-corrected chi connectivity index (χ4v) is 4.26. The van der Waals surface area contributed by atoms with Crippen LogP contribution in [0.15, 0.2) is 91.0 Å². The molecule has 0 saturated heterocycles. The predicted octanol–water partition coefficient (Wildman–Crippen LogP) is 5.59. The second-order valence-electron chi connectivity index (χ2n) is 8.63. The number of aryl methyl sites for hydroxylation is 1. The number of rotatable bonds is 13. The summed E-state index contributed by atoms with van der Waals surface area (Å²) in [5.74, 6) is 0.349. The van der Waals surface area contributed by atoms with Crippen LogP contribution in [0, 0.1) is 0 Å². The van der Waals surface area contributed by atoms with Crippen LogP contribution in [0.3, 0.4) is 0 Å². The van der Waals surface area contributed by atoms with Gasteiger partial charge in [0, 0.05) is 38.4 Å². The van der Waals surface area contributed by atoms with E-state index >= 15 is 0 Å². The molecule has 0 atom stereocenters. The van der Waals surface area contributed by atoms with Crippen LogP contribution in [0.2, 0.25) is 0 Å². The Morgan fingerprint density at radius 1 is 0.765 bits per heavy atom. The molecule has 0 radical (unpaired) electrons. The van der Waals surface area contributed by atoms with Crippen molar-refractivity contribution in [2.24, 2.45) is 0 Å². The molecule has 0 fully saturated rings. The summed E-state index contributed by atoms with van der Waals surface area (Å²) in [7, 11) is 0. The van der Waals surface area contributed by atoms with Gasteiger partial charge in [0.1, 0.15) is 0 Å². The van der Waals surface area contributed by atoms with Crippen molar-refractivity contribution < 1.29 is 9.59 Å². The van der Waals surface area contributed by atoms with Gasteiger partial charge >= 0.3 is 0 Å². The van der Waals surface area contributed by atoms with Crippen molar-refractivity contribution >= 4 is 11.8 Å². The summed E-state index contributed by atoms with van der Waals surface area (Å²) in [6.07, 6.45) is 3.25. The summed E-state index contributed by atoms with van der Waals surface area (Å²) >= 11 is 0. The summed E-state index contributed by atoms with van der Waals surface area (Å²) in [4.78, 5) is 27.1. The highest BCUT2D eigenvalue weighted by atomic mass is 16.2. The van der Waals surface area contributed by atoms with Crippen molar-refractivity contribution in [3.05, 3.63) is 108 Å². The van der Waals surface area contributed by atoms with Crippen LogP contribution in [0.5, 0.6) is 0 Å². The monoisotopic (exact) mass is 456 g/mol. The maximum absolute atomic E-state index is 12.7. The average molecular weight is 457 g/mol. The molecule has 0 aliphatic rings. The fourth-order valence-electron chi connectivity index (χ4n) is 4.26. The lowest BCUT2D eigenvalue weighted by atomic mass is 9.88. The molecule has 1 N–H and O–H groups in total. The van der Waals surface area contributed by atoms with Gasteiger partial charge in [-0.1, -0.05) is 97.9 Å². The van der Waals surface area contributed by atoms with Gasteiger partial charge in [0.2, 0.25) is 11.8 Å². The summed E-state index contributed by atoms with van der Waals surface area (Å²) in [5, 5.41) is 3.07. The first-order valence-corrected chi connectivity index (χ1v) is 12.4. The van der Waals surface area contributed by atoms with Crippen LogP contribution in [0.1, 0.15) is 55.2 Å². The minimum absolute atomic E-state index is 0.00293. The summed E-state index contributed by atoms with van der Waals surface area (Å²) in [6, 6.07) is 30.9. The molecule has 0 heterocycles. The third kappa shape index (κ3) is 8.18.